The molecular weight excluding hydrogens is 234 g/mol. The van der Waals surface area contributed by atoms with Crippen molar-refractivity contribution in [2.24, 2.45) is 0 Å². The molecule has 0 radical (unpaired) electrons. The number of hydrogen-bond donors (Lipinski definition) is 2. The summed E-state index contributed by atoms with van der Waals surface area (Å²) in [5.41, 5.74) is 1.89. The van der Waals surface area contributed by atoms with E-state index in [1.54, 1.807) is 0 Å². The molecule has 0 amide bonds. The quantitative estimate of drug-likeness (QED) is 0.802. The maximum Gasteiger partial charge on any atom is 0.107 e. The second-order valence-corrected chi connectivity index (χ2v) is 4.94. The van der Waals surface area contributed by atoms with Crippen molar-refractivity contribution in [1.29, 1.82) is 0 Å². The van der Waals surface area contributed by atoms with Crippen molar-refractivity contribution in [2.45, 2.75) is 32.7 Å². The minimum atomic E-state index is 0.542. The number of aromatic amines is 1. The molecule has 3 nitrogen and oxygen atoms in total. The van der Waals surface area contributed by atoms with Crippen LogP contribution in [-0.4, -0.2) is 22.6 Å². The fraction of sp³-hybridized carbons (Fsp3) is 0.462. The molecule has 0 atom stereocenters. The number of hydrogen-bond acceptors (Lipinski definition) is 2. The van der Waals surface area contributed by atoms with Crippen molar-refractivity contribution in [3.63, 3.8) is 0 Å². The normalized spacial score (nSPS) is 11.5. The van der Waals surface area contributed by atoms with Gasteiger partial charge in [0.1, 0.15) is 11.3 Å². The number of fused-ring (bicyclic) bond motifs is 1. The fourth-order valence-electron chi connectivity index (χ4n) is 1.81. The molecule has 0 saturated carbocycles. The van der Waals surface area contributed by atoms with Crippen LogP contribution in [0.4, 0.5) is 0 Å². The first-order valence-corrected chi connectivity index (χ1v) is 6.41. The van der Waals surface area contributed by atoms with Crippen LogP contribution in [0.25, 0.3) is 11.0 Å². The lowest BCUT2D eigenvalue weighted by Gasteiger charge is -2.06. The molecule has 0 aliphatic carbocycles. The summed E-state index contributed by atoms with van der Waals surface area (Å²) < 4.78 is 0. The third kappa shape index (κ3) is 3.20. The van der Waals surface area contributed by atoms with Crippen LogP contribution in [-0.2, 0) is 6.42 Å². The number of H-pyrrole nitrogens is 1. The molecule has 2 aromatic rings. The van der Waals surface area contributed by atoms with Gasteiger partial charge in [-0.3, -0.25) is 0 Å². The van der Waals surface area contributed by atoms with Gasteiger partial charge in [-0.25, -0.2) is 4.98 Å². The van der Waals surface area contributed by atoms with Crippen LogP contribution >= 0.6 is 11.6 Å². The summed E-state index contributed by atoms with van der Waals surface area (Å²) in [6.45, 7) is 5.32. The highest BCUT2D eigenvalue weighted by Gasteiger charge is 2.05. The van der Waals surface area contributed by atoms with E-state index in [0.717, 1.165) is 36.2 Å². The Hall–Kier alpha value is -1.06. The van der Waals surface area contributed by atoms with Gasteiger partial charge in [-0.15, -0.1) is 0 Å². The maximum absolute atomic E-state index is 6.08. The van der Waals surface area contributed by atoms with E-state index in [9.17, 15) is 0 Å². The second-order valence-electron chi connectivity index (χ2n) is 4.53. The van der Waals surface area contributed by atoms with E-state index >= 15 is 0 Å². The molecule has 2 rings (SSSR count). The number of benzene rings is 1. The third-order valence-corrected chi connectivity index (χ3v) is 2.96. The van der Waals surface area contributed by atoms with Gasteiger partial charge >= 0.3 is 0 Å². The number of nitrogens with one attached hydrogen (secondary N) is 2. The van der Waals surface area contributed by atoms with Gasteiger partial charge in [-0.05, 0) is 25.1 Å². The zero-order valence-corrected chi connectivity index (χ0v) is 11.0. The lowest BCUT2D eigenvalue weighted by molar-refractivity contribution is 0.567. The van der Waals surface area contributed by atoms with Crippen LogP contribution in [0.1, 0.15) is 26.1 Å². The fourth-order valence-corrected chi connectivity index (χ4v) is 2.03. The molecule has 0 bridgehead atoms. The Labute approximate surface area is 107 Å². The number of halogens is 1. The van der Waals surface area contributed by atoms with Crippen LogP contribution in [0.2, 0.25) is 5.02 Å². The predicted molar refractivity (Wildman–Crippen MR) is 72.6 cm³/mol. The molecule has 2 N–H and O–H groups in total. The van der Waals surface area contributed by atoms with Gasteiger partial charge in [0.25, 0.3) is 0 Å². The highest BCUT2D eigenvalue weighted by atomic mass is 35.5. The summed E-state index contributed by atoms with van der Waals surface area (Å²) in [6.07, 6.45) is 2.03. The van der Waals surface area contributed by atoms with Gasteiger partial charge in [-0.1, -0.05) is 31.5 Å². The Morgan fingerprint density at radius 3 is 2.94 bits per heavy atom. The van der Waals surface area contributed by atoms with Crippen molar-refractivity contribution < 1.29 is 0 Å². The van der Waals surface area contributed by atoms with Gasteiger partial charge in [-0.2, -0.15) is 0 Å². The largest absolute Gasteiger partial charge is 0.342 e. The SMILES string of the molecule is CC(C)NCCCc1nc2c(Cl)cccc2[nH]1. The molecule has 0 aliphatic rings. The van der Waals surface area contributed by atoms with Gasteiger partial charge in [0, 0.05) is 12.5 Å². The number of rotatable bonds is 5. The first-order chi connectivity index (χ1) is 8.16. The smallest absolute Gasteiger partial charge is 0.107 e. The average molecular weight is 252 g/mol. The molecular formula is C13H18ClN3. The molecule has 0 fully saturated rings. The van der Waals surface area contributed by atoms with Crippen LogP contribution in [0.3, 0.4) is 0 Å². The van der Waals surface area contributed by atoms with Crippen LogP contribution in [0, 0.1) is 0 Å². The Bertz CT molecular complexity index is 490. The second kappa shape index (κ2) is 5.52. The monoisotopic (exact) mass is 251 g/mol. The zero-order chi connectivity index (χ0) is 12.3. The number of nitrogens with zero attached hydrogens (tertiary/aromatic N) is 1. The molecule has 1 aromatic heterocycles. The predicted octanol–water partition coefficient (Wildman–Crippen LogP) is 3.15. The lowest BCUT2D eigenvalue weighted by atomic mass is 10.3. The van der Waals surface area contributed by atoms with Gasteiger partial charge in [0.05, 0.1) is 10.5 Å². The Kier molecular flexibility index (Phi) is 4.02. The first kappa shape index (κ1) is 12.4. The Morgan fingerprint density at radius 2 is 2.24 bits per heavy atom. The summed E-state index contributed by atoms with van der Waals surface area (Å²) in [6, 6.07) is 6.35. The van der Waals surface area contributed by atoms with Crippen molar-refractivity contribution in [3.8, 4) is 0 Å². The molecule has 92 valence electrons. The maximum atomic E-state index is 6.08. The number of para-hydroxylation sites is 1. The summed E-state index contributed by atoms with van der Waals surface area (Å²) >= 11 is 6.08. The van der Waals surface area contributed by atoms with E-state index in [0.29, 0.717) is 11.1 Å². The number of aromatic nitrogens is 2. The Balaban J connectivity index is 1.98. The van der Waals surface area contributed by atoms with Crippen molar-refractivity contribution >= 4 is 22.6 Å². The minimum Gasteiger partial charge on any atom is -0.342 e. The summed E-state index contributed by atoms with van der Waals surface area (Å²) in [5.74, 6) is 1.01. The molecule has 0 spiro atoms. The van der Waals surface area contributed by atoms with E-state index in [2.05, 4.69) is 29.1 Å². The molecule has 4 heteroatoms. The van der Waals surface area contributed by atoms with Crippen molar-refractivity contribution in [2.75, 3.05) is 6.54 Å². The van der Waals surface area contributed by atoms with Crippen molar-refractivity contribution in [3.05, 3.63) is 29.0 Å². The van der Waals surface area contributed by atoms with E-state index in [4.69, 9.17) is 11.6 Å². The third-order valence-electron chi connectivity index (χ3n) is 2.66. The molecule has 0 unspecified atom stereocenters. The van der Waals surface area contributed by atoms with Gasteiger partial charge in [0.15, 0.2) is 0 Å². The van der Waals surface area contributed by atoms with E-state index in [1.807, 2.05) is 18.2 Å². The van der Waals surface area contributed by atoms with E-state index < -0.39 is 0 Å². The van der Waals surface area contributed by atoms with Gasteiger partial charge < -0.3 is 10.3 Å². The Morgan fingerprint density at radius 1 is 1.41 bits per heavy atom. The van der Waals surface area contributed by atoms with Crippen molar-refractivity contribution in [1.82, 2.24) is 15.3 Å². The minimum absolute atomic E-state index is 0.542. The zero-order valence-electron chi connectivity index (χ0n) is 10.3. The van der Waals surface area contributed by atoms with E-state index in [1.165, 1.54) is 0 Å². The van der Waals surface area contributed by atoms with Gasteiger partial charge in [0.2, 0.25) is 0 Å². The first-order valence-electron chi connectivity index (χ1n) is 6.03. The summed E-state index contributed by atoms with van der Waals surface area (Å²) in [4.78, 5) is 7.81. The topological polar surface area (TPSA) is 40.7 Å². The van der Waals surface area contributed by atoms with Crippen LogP contribution < -0.4 is 5.32 Å². The molecule has 17 heavy (non-hydrogen) atoms. The van der Waals surface area contributed by atoms with Crippen LogP contribution in [0.5, 0.6) is 0 Å². The average Bonchev–Trinajstić information content (AvgIpc) is 2.69. The highest BCUT2D eigenvalue weighted by Crippen LogP contribution is 2.21. The number of imidazole rings is 1. The van der Waals surface area contributed by atoms with E-state index in [-0.39, 0.29) is 0 Å². The lowest BCUT2D eigenvalue weighted by Crippen LogP contribution is -2.24. The molecule has 1 heterocycles. The highest BCUT2D eigenvalue weighted by molar-refractivity contribution is 6.34. The summed E-state index contributed by atoms with van der Waals surface area (Å²) in [5, 5.41) is 4.11. The number of aryl methyl sites for hydroxylation is 1. The molecule has 0 aliphatic heterocycles. The molecule has 0 saturated heterocycles. The summed E-state index contributed by atoms with van der Waals surface area (Å²) in [7, 11) is 0. The standard InChI is InChI=1S/C13H18ClN3/c1-9(2)15-8-4-7-12-16-11-6-3-5-10(14)13(11)17-12/h3,5-6,9,15H,4,7-8H2,1-2H3,(H,16,17). The van der Waals surface area contributed by atoms with Crippen LogP contribution in [0.15, 0.2) is 18.2 Å². The molecule has 1 aromatic carbocycles.